The summed E-state index contributed by atoms with van der Waals surface area (Å²) in [5, 5.41) is 46.3. The van der Waals surface area contributed by atoms with Crippen molar-refractivity contribution in [2.45, 2.75) is 241 Å². The van der Waals surface area contributed by atoms with Gasteiger partial charge in [0.1, 0.15) is 23.0 Å². The van der Waals surface area contributed by atoms with Crippen molar-refractivity contribution in [2.75, 3.05) is 0 Å². The maximum atomic E-state index is 14.8. The molecule has 0 aliphatic carbocycles. The summed E-state index contributed by atoms with van der Waals surface area (Å²) in [6.07, 6.45) is -6.08. The van der Waals surface area contributed by atoms with Crippen LogP contribution in [0.4, 0.5) is 0 Å². The van der Waals surface area contributed by atoms with Gasteiger partial charge in [0.25, 0.3) is 0 Å². The number of hydrogen-bond acceptors (Lipinski definition) is 12. The third-order valence-electron chi connectivity index (χ3n) is 14.9. The van der Waals surface area contributed by atoms with E-state index < -0.39 is 99.0 Å². The number of aromatic hydroxyl groups is 4. The lowest BCUT2D eigenvalue weighted by Crippen LogP contribution is -2.48. The molecule has 464 valence electrons. The molecule has 0 spiro atoms. The molecule has 0 heterocycles. The Balaban J connectivity index is 2.00. The fourth-order valence-corrected chi connectivity index (χ4v) is 9.86. The van der Waals surface area contributed by atoms with Crippen LogP contribution in [0.2, 0.25) is 0 Å². The Labute approximate surface area is 508 Å². The Bertz CT molecular complexity index is 2720. The molecule has 85 heavy (non-hydrogen) atoms. The van der Waals surface area contributed by atoms with Gasteiger partial charge in [0.15, 0.2) is 0 Å². The molecule has 0 saturated heterocycles. The first kappa shape index (κ1) is 70.4. The fraction of sp³-hybridized carbons (Fsp3) is 0.507. The van der Waals surface area contributed by atoms with E-state index in [9.17, 15) is 39.6 Å². The third kappa shape index (κ3) is 17.5. The molecule has 0 amide bonds. The van der Waals surface area contributed by atoms with Crippen LogP contribution in [-0.2, 0) is 81.4 Å². The fourth-order valence-electron chi connectivity index (χ4n) is 9.86. The third-order valence-corrected chi connectivity index (χ3v) is 14.9. The van der Waals surface area contributed by atoms with Gasteiger partial charge >= 0.3 is 30.0 Å². The zero-order valence-corrected chi connectivity index (χ0v) is 55.8. The minimum absolute atomic E-state index is 0.0957. The molecule has 4 N–H and O–H groups in total. The Hall–Kier alpha value is -7.08. The molecule has 0 bridgehead atoms. The molecule has 0 aliphatic heterocycles. The highest BCUT2D eigenvalue weighted by Crippen LogP contribution is 2.46. The van der Waals surface area contributed by atoms with E-state index in [0.717, 1.165) is 0 Å². The van der Waals surface area contributed by atoms with Crippen molar-refractivity contribution < 1.29 is 58.6 Å². The largest absolute Gasteiger partial charge is 0.619 e. The summed E-state index contributed by atoms with van der Waals surface area (Å²) in [7, 11) is 0. The summed E-state index contributed by atoms with van der Waals surface area (Å²) in [6.45, 7) is 63.6. The van der Waals surface area contributed by atoms with Gasteiger partial charge in [-0.2, -0.15) is 0 Å². The monoisotopic (exact) mass is 1170 g/mol. The highest BCUT2D eigenvalue weighted by molar-refractivity contribution is 5.90. The van der Waals surface area contributed by atoms with Gasteiger partial charge in [-0.05, 0) is 136 Å². The molecule has 12 nitrogen and oxygen atoms in total. The SMILES string of the molecule is C=C(CC(=O)OC(OC(=O)CC(=C)c1cc(C(C)(C)C)c(O)c(C(C)(C)C)c1)(OC(=O)CC(=C)c1cc(C(C)(C)C)c(O)c(C(C)(C)C)c1)OC(=O)CC(=C)c1cc(C(C)(C)C)c(O)c(C(C)(C)C)c1)c1cc(C(C)(C)C)c(O)c(C(C)(C)C)c1. The maximum Gasteiger partial charge on any atom is 0.619 e. The smallest absolute Gasteiger partial charge is 0.507 e. The zero-order chi connectivity index (χ0) is 65.7. The molecular formula is C73H100O12. The van der Waals surface area contributed by atoms with E-state index in [1.54, 1.807) is 48.5 Å². The zero-order valence-electron chi connectivity index (χ0n) is 55.8. The summed E-state index contributed by atoms with van der Waals surface area (Å²) >= 11 is 0. The number of esters is 4. The number of phenols is 4. The van der Waals surface area contributed by atoms with Crippen LogP contribution in [0.25, 0.3) is 22.3 Å². The van der Waals surface area contributed by atoms with Gasteiger partial charge in [-0.3, -0.25) is 19.2 Å². The Morgan fingerprint density at radius 1 is 0.282 bits per heavy atom. The minimum Gasteiger partial charge on any atom is -0.507 e. The predicted octanol–water partition coefficient (Wildman–Crippen LogP) is 17.4. The topological polar surface area (TPSA) is 186 Å². The van der Waals surface area contributed by atoms with Crippen LogP contribution in [0.15, 0.2) is 74.8 Å². The van der Waals surface area contributed by atoms with Crippen LogP contribution < -0.4 is 0 Å². The Morgan fingerprint density at radius 2 is 0.400 bits per heavy atom. The van der Waals surface area contributed by atoms with Crippen LogP contribution >= 0.6 is 0 Å². The summed E-state index contributed by atoms with van der Waals surface area (Å²) in [6, 6.07) is 13.8. The number of benzene rings is 4. The Morgan fingerprint density at radius 3 is 0.506 bits per heavy atom. The number of phenolic OH excluding ortho intramolecular Hbond substituents is 4. The molecule has 0 saturated carbocycles. The molecule has 4 aromatic carbocycles. The predicted molar refractivity (Wildman–Crippen MR) is 344 cm³/mol. The molecule has 4 aromatic rings. The van der Waals surface area contributed by atoms with Crippen molar-refractivity contribution in [2.24, 2.45) is 0 Å². The van der Waals surface area contributed by atoms with Gasteiger partial charge in [0, 0.05) is 44.5 Å². The van der Waals surface area contributed by atoms with Crippen molar-refractivity contribution in [3.8, 4) is 23.0 Å². The van der Waals surface area contributed by atoms with E-state index in [1.165, 1.54) is 0 Å². The van der Waals surface area contributed by atoms with Crippen molar-refractivity contribution in [3.63, 3.8) is 0 Å². The summed E-state index contributed by atoms with van der Waals surface area (Å²) in [5.74, 6) is -4.42. The number of carbonyl (C=O) groups excluding carboxylic acids is 4. The van der Waals surface area contributed by atoms with Crippen molar-refractivity contribution >= 4 is 46.2 Å². The maximum absolute atomic E-state index is 14.8. The van der Waals surface area contributed by atoms with Gasteiger partial charge in [-0.15, -0.1) is 0 Å². The minimum atomic E-state index is -3.56. The first-order chi connectivity index (χ1) is 38.1. The molecule has 12 heteroatoms. The summed E-state index contributed by atoms with van der Waals surface area (Å²) < 4.78 is 23.9. The standard InChI is InChI=1S/C73H100O12/c1-41(45-33-49(65(5,6)7)61(78)50(34-45)66(8,9)10)29-57(74)82-73(83-58(75)30-42(2)46-35-51(67(11,12)13)62(79)52(36-46)68(14,15)16,84-59(76)31-43(3)47-37-53(69(17,18)19)63(80)54(38-47)70(20,21)22)85-60(77)32-44(4)48-39-55(71(23,24)25)64(81)56(40-48)72(26,27)28/h33-40,78-81H,1-4,29-32H2,5-28H3. The summed E-state index contributed by atoms with van der Waals surface area (Å²) in [5.41, 5.74) is 2.91. The van der Waals surface area contributed by atoms with E-state index in [2.05, 4.69) is 26.3 Å². The molecule has 0 aromatic heterocycles. The van der Waals surface area contributed by atoms with E-state index in [4.69, 9.17) is 18.9 Å². The summed E-state index contributed by atoms with van der Waals surface area (Å²) in [4.78, 5) is 59.2. The lowest BCUT2D eigenvalue weighted by Gasteiger charge is -2.30. The van der Waals surface area contributed by atoms with Gasteiger partial charge in [-0.1, -0.05) is 192 Å². The number of hydrogen-bond donors (Lipinski definition) is 4. The first-order valence-electron chi connectivity index (χ1n) is 29.2. The molecule has 0 atom stereocenters. The molecule has 0 aliphatic rings. The van der Waals surface area contributed by atoms with E-state index in [1.807, 2.05) is 166 Å². The van der Waals surface area contributed by atoms with Crippen LogP contribution in [0, 0.1) is 0 Å². The van der Waals surface area contributed by atoms with Gasteiger partial charge < -0.3 is 39.4 Å². The number of carbonyl (C=O) groups is 4. The highest BCUT2D eigenvalue weighted by atomic mass is 17.0. The van der Waals surface area contributed by atoms with Crippen LogP contribution in [0.3, 0.4) is 0 Å². The van der Waals surface area contributed by atoms with E-state index in [-0.39, 0.29) is 45.3 Å². The van der Waals surface area contributed by atoms with Crippen LogP contribution in [-0.4, -0.2) is 50.5 Å². The van der Waals surface area contributed by atoms with Gasteiger partial charge in [0.2, 0.25) is 0 Å². The number of ether oxygens (including phenoxy) is 4. The average molecular weight is 1170 g/mol. The van der Waals surface area contributed by atoms with Crippen molar-refractivity contribution in [1.29, 1.82) is 0 Å². The molecule has 0 radical (unpaired) electrons. The second kappa shape index (κ2) is 24.4. The Kier molecular flexibility index (Phi) is 20.2. The lowest BCUT2D eigenvalue weighted by molar-refractivity contribution is -0.431. The average Bonchev–Trinajstić information content (AvgIpc) is 1.88. The van der Waals surface area contributed by atoms with E-state index in [0.29, 0.717) is 66.8 Å². The second-order valence-corrected chi connectivity index (χ2v) is 31.2. The van der Waals surface area contributed by atoms with E-state index >= 15 is 0 Å². The molecule has 0 unspecified atom stereocenters. The van der Waals surface area contributed by atoms with Crippen molar-refractivity contribution in [3.05, 3.63) is 142 Å². The lowest BCUT2D eigenvalue weighted by atomic mass is 9.77. The number of rotatable bonds is 16. The van der Waals surface area contributed by atoms with Crippen molar-refractivity contribution in [1.82, 2.24) is 0 Å². The van der Waals surface area contributed by atoms with Crippen LogP contribution in [0.1, 0.15) is 259 Å². The van der Waals surface area contributed by atoms with Gasteiger partial charge in [0.05, 0.1) is 25.7 Å². The van der Waals surface area contributed by atoms with Crippen LogP contribution in [0.5, 0.6) is 23.0 Å². The van der Waals surface area contributed by atoms with Gasteiger partial charge in [-0.25, -0.2) is 0 Å². The first-order valence-corrected chi connectivity index (χ1v) is 29.2. The highest BCUT2D eigenvalue weighted by Gasteiger charge is 2.50. The molecular weight excluding hydrogens is 1070 g/mol. The molecule has 0 fully saturated rings. The second-order valence-electron chi connectivity index (χ2n) is 31.2. The quantitative estimate of drug-likeness (QED) is 0.0615. The molecule has 4 rings (SSSR count). The normalized spacial score (nSPS) is 13.0.